The monoisotopic (exact) mass is 237 g/mol. The van der Waals surface area contributed by atoms with E-state index in [-0.39, 0.29) is 18.2 Å². The van der Waals surface area contributed by atoms with Crippen molar-refractivity contribution in [2.45, 2.75) is 25.8 Å². The average Bonchev–Trinajstić information content (AvgIpc) is 2.28. The molecule has 1 atom stereocenters. The van der Waals surface area contributed by atoms with Gasteiger partial charge in [-0.1, -0.05) is 12.1 Å². The predicted molar refractivity (Wildman–Crippen MR) is 66.2 cm³/mol. The lowest BCUT2D eigenvalue weighted by atomic mass is 10.1. The summed E-state index contributed by atoms with van der Waals surface area (Å²) >= 11 is 0. The summed E-state index contributed by atoms with van der Waals surface area (Å²) in [7, 11) is 1.92. The van der Waals surface area contributed by atoms with Gasteiger partial charge in [0.25, 0.3) is 0 Å². The smallest absolute Gasteiger partial charge is 0.304 e. The van der Waals surface area contributed by atoms with E-state index in [2.05, 4.69) is 6.92 Å². The molecule has 0 amide bonds. The fraction of sp³-hybridized carbons (Fsp3) is 0.462. The van der Waals surface area contributed by atoms with Crippen LogP contribution in [0.5, 0.6) is 5.75 Å². The number of hydrogen-bond acceptors (Lipinski definition) is 3. The number of aromatic hydroxyl groups is 1. The minimum Gasteiger partial charge on any atom is -0.508 e. The second-order valence-corrected chi connectivity index (χ2v) is 4.34. The normalized spacial score (nSPS) is 12.6. The van der Waals surface area contributed by atoms with Crippen LogP contribution in [0.1, 0.15) is 18.9 Å². The van der Waals surface area contributed by atoms with E-state index in [9.17, 15) is 4.79 Å². The summed E-state index contributed by atoms with van der Waals surface area (Å²) in [5, 5.41) is 17.8. The Labute approximate surface area is 101 Å². The molecule has 1 rings (SSSR count). The molecule has 94 valence electrons. The van der Waals surface area contributed by atoms with Gasteiger partial charge >= 0.3 is 5.97 Å². The molecular formula is C13H19NO3. The maximum Gasteiger partial charge on any atom is 0.304 e. The number of phenols is 1. The van der Waals surface area contributed by atoms with Crippen LogP contribution in [-0.4, -0.2) is 40.7 Å². The molecule has 1 aromatic carbocycles. The molecule has 2 N–H and O–H groups in total. The molecule has 0 spiro atoms. The number of benzene rings is 1. The van der Waals surface area contributed by atoms with Gasteiger partial charge in [-0.05, 0) is 38.1 Å². The second-order valence-electron chi connectivity index (χ2n) is 4.34. The molecule has 0 aromatic heterocycles. The summed E-state index contributed by atoms with van der Waals surface area (Å²) in [6.07, 6.45) is 1.01. The minimum absolute atomic E-state index is 0.163. The summed E-state index contributed by atoms with van der Waals surface area (Å²) in [6.45, 7) is 2.61. The van der Waals surface area contributed by atoms with Crippen LogP contribution in [0.25, 0.3) is 0 Å². The van der Waals surface area contributed by atoms with Crippen molar-refractivity contribution in [2.75, 3.05) is 13.6 Å². The van der Waals surface area contributed by atoms with Crippen LogP contribution in [-0.2, 0) is 11.2 Å². The van der Waals surface area contributed by atoms with Crippen molar-refractivity contribution < 1.29 is 15.0 Å². The molecule has 0 saturated carbocycles. The van der Waals surface area contributed by atoms with Crippen molar-refractivity contribution in [2.24, 2.45) is 0 Å². The predicted octanol–water partition coefficient (Wildman–Crippen LogP) is 1.73. The van der Waals surface area contributed by atoms with E-state index in [1.807, 2.05) is 24.1 Å². The number of hydrogen-bond donors (Lipinski definition) is 2. The topological polar surface area (TPSA) is 60.8 Å². The highest BCUT2D eigenvalue weighted by atomic mass is 16.4. The zero-order valence-electron chi connectivity index (χ0n) is 10.3. The summed E-state index contributed by atoms with van der Waals surface area (Å²) < 4.78 is 0. The first-order valence-corrected chi connectivity index (χ1v) is 5.69. The van der Waals surface area contributed by atoms with E-state index in [0.29, 0.717) is 6.54 Å². The standard InChI is InChI=1S/C13H19NO3/c1-10(14(2)8-7-13(16)17)9-11-3-5-12(15)6-4-11/h3-6,10,15H,7-9H2,1-2H3,(H,16,17). The lowest BCUT2D eigenvalue weighted by Crippen LogP contribution is -2.32. The third-order valence-corrected chi connectivity index (χ3v) is 2.90. The number of phenolic OH excluding ortho intramolecular Hbond substituents is 1. The molecule has 0 bridgehead atoms. The largest absolute Gasteiger partial charge is 0.508 e. The van der Waals surface area contributed by atoms with Gasteiger partial charge in [-0.3, -0.25) is 4.79 Å². The first kappa shape index (κ1) is 13.5. The van der Waals surface area contributed by atoms with E-state index < -0.39 is 5.97 Å². The summed E-state index contributed by atoms with van der Waals surface area (Å²) in [6, 6.07) is 7.38. The van der Waals surface area contributed by atoms with Gasteiger partial charge in [-0.2, -0.15) is 0 Å². The molecule has 17 heavy (non-hydrogen) atoms. The molecule has 0 fully saturated rings. The lowest BCUT2D eigenvalue weighted by molar-refractivity contribution is -0.137. The number of carbonyl (C=O) groups is 1. The van der Waals surface area contributed by atoms with E-state index in [1.54, 1.807) is 12.1 Å². The summed E-state index contributed by atoms with van der Waals surface area (Å²) in [4.78, 5) is 12.5. The van der Waals surface area contributed by atoms with Crippen LogP contribution < -0.4 is 0 Å². The van der Waals surface area contributed by atoms with Crippen LogP contribution in [0, 0.1) is 0 Å². The maximum absolute atomic E-state index is 10.5. The molecular weight excluding hydrogens is 218 g/mol. The zero-order chi connectivity index (χ0) is 12.8. The highest BCUT2D eigenvalue weighted by Gasteiger charge is 2.11. The first-order chi connectivity index (χ1) is 7.99. The van der Waals surface area contributed by atoms with Crippen LogP contribution in [0.3, 0.4) is 0 Å². The molecule has 0 aliphatic heterocycles. The van der Waals surface area contributed by atoms with Gasteiger partial charge < -0.3 is 15.1 Å². The quantitative estimate of drug-likeness (QED) is 0.791. The second kappa shape index (κ2) is 6.25. The Morgan fingerprint density at radius 1 is 1.35 bits per heavy atom. The number of carboxylic acids is 1. The number of aliphatic carboxylic acids is 1. The van der Waals surface area contributed by atoms with Gasteiger partial charge in [-0.25, -0.2) is 0 Å². The zero-order valence-corrected chi connectivity index (χ0v) is 10.3. The van der Waals surface area contributed by atoms with Gasteiger partial charge in [0.15, 0.2) is 0 Å². The Morgan fingerprint density at radius 2 is 1.94 bits per heavy atom. The molecule has 0 saturated heterocycles. The van der Waals surface area contributed by atoms with E-state index in [1.165, 1.54) is 0 Å². The Hall–Kier alpha value is -1.55. The van der Waals surface area contributed by atoms with E-state index >= 15 is 0 Å². The summed E-state index contributed by atoms with van der Waals surface area (Å²) in [5.74, 6) is -0.505. The van der Waals surface area contributed by atoms with Crippen LogP contribution in [0.4, 0.5) is 0 Å². The molecule has 0 aliphatic carbocycles. The third kappa shape index (κ3) is 4.87. The molecule has 0 aliphatic rings. The third-order valence-electron chi connectivity index (χ3n) is 2.90. The van der Waals surface area contributed by atoms with Crippen LogP contribution in [0.2, 0.25) is 0 Å². The molecule has 4 nitrogen and oxygen atoms in total. The molecule has 0 heterocycles. The maximum atomic E-state index is 10.5. The van der Waals surface area contributed by atoms with Gasteiger partial charge in [-0.15, -0.1) is 0 Å². The van der Waals surface area contributed by atoms with E-state index in [0.717, 1.165) is 12.0 Å². The van der Waals surface area contributed by atoms with Gasteiger partial charge in [0.1, 0.15) is 5.75 Å². The number of likely N-dealkylation sites (N-methyl/N-ethyl adjacent to an activating group) is 1. The van der Waals surface area contributed by atoms with Gasteiger partial charge in [0.05, 0.1) is 6.42 Å². The van der Waals surface area contributed by atoms with Crippen molar-refractivity contribution in [1.82, 2.24) is 4.90 Å². The van der Waals surface area contributed by atoms with Crippen molar-refractivity contribution in [1.29, 1.82) is 0 Å². The lowest BCUT2D eigenvalue weighted by Gasteiger charge is -2.24. The minimum atomic E-state index is -0.770. The molecule has 1 unspecified atom stereocenters. The summed E-state index contributed by atoms with van der Waals surface area (Å²) in [5.41, 5.74) is 1.14. The van der Waals surface area contributed by atoms with E-state index in [4.69, 9.17) is 10.2 Å². The Morgan fingerprint density at radius 3 is 2.47 bits per heavy atom. The first-order valence-electron chi connectivity index (χ1n) is 5.69. The molecule has 4 heteroatoms. The van der Waals surface area contributed by atoms with Crippen molar-refractivity contribution in [3.8, 4) is 5.75 Å². The Kier molecular flexibility index (Phi) is 4.97. The highest BCUT2D eigenvalue weighted by Crippen LogP contribution is 2.13. The van der Waals surface area contributed by atoms with Crippen LogP contribution in [0.15, 0.2) is 24.3 Å². The fourth-order valence-corrected chi connectivity index (χ4v) is 1.62. The number of rotatable bonds is 6. The van der Waals surface area contributed by atoms with Crippen molar-refractivity contribution >= 4 is 5.97 Å². The Balaban J connectivity index is 2.45. The average molecular weight is 237 g/mol. The number of carboxylic acid groups (broad SMARTS) is 1. The highest BCUT2D eigenvalue weighted by molar-refractivity contribution is 5.66. The number of nitrogens with zero attached hydrogens (tertiary/aromatic N) is 1. The van der Waals surface area contributed by atoms with Gasteiger partial charge in [0, 0.05) is 12.6 Å². The molecule has 0 radical (unpaired) electrons. The van der Waals surface area contributed by atoms with Crippen molar-refractivity contribution in [3.05, 3.63) is 29.8 Å². The molecule has 1 aromatic rings. The van der Waals surface area contributed by atoms with Crippen LogP contribution >= 0.6 is 0 Å². The Bertz CT molecular complexity index is 361. The SMILES string of the molecule is CC(Cc1ccc(O)cc1)N(C)CCC(=O)O. The fourth-order valence-electron chi connectivity index (χ4n) is 1.62. The van der Waals surface area contributed by atoms with Crippen molar-refractivity contribution in [3.63, 3.8) is 0 Å². The van der Waals surface area contributed by atoms with Gasteiger partial charge in [0.2, 0.25) is 0 Å².